The monoisotopic (exact) mass is 271 g/mol. The minimum atomic E-state index is -1.51. The summed E-state index contributed by atoms with van der Waals surface area (Å²) in [5, 5.41) is 0. The second-order valence-electron chi connectivity index (χ2n) is 3.50. The first kappa shape index (κ1) is 11.5. The van der Waals surface area contributed by atoms with E-state index in [1.165, 1.54) is 0 Å². The Labute approximate surface area is 100 Å². The maximum atomic E-state index is 13.4. The minimum Gasteiger partial charge on any atom is -0.443 e. The number of hydrogen-bond donors (Lipinski definition) is 0. The quantitative estimate of drug-likeness (QED) is 0.269. The topological polar surface area (TPSA) is 68.9 Å². The van der Waals surface area contributed by atoms with Crippen molar-refractivity contribution in [2.24, 2.45) is 0 Å². The van der Waals surface area contributed by atoms with Crippen molar-refractivity contribution in [1.29, 1.82) is 0 Å². The van der Waals surface area contributed by atoms with Crippen LogP contribution in [0, 0.1) is 23.7 Å². The van der Waals surface area contributed by atoms with Crippen molar-refractivity contribution in [1.82, 2.24) is 15.0 Å². The lowest BCUT2D eigenvalue weighted by molar-refractivity contribution is 0.449. The van der Waals surface area contributed by atoms with Crippen LogP contribution in [0.25, 0.3) is 22.7 Å². The summed E-state index contributed by atoms with van der Waals surface area (Å²) >= 11 is 0. The molecule has 1 aliphatic heterocycles. The Morgan fingerprint density at radius 3 is 2.53 bits per heavy atom. The Kier molecular flexibility index (Phi) is 2.24. The van der Waals surface area contributed by atoms with Gasteiger partial charge in [-0.15, -0.1) is 0 Å². The highest BCUT2D eigenvalue weighted by atomic mass is 19.2. The Balaban J connectivity index is 2.56. The van der Waals surface area contributed by atoms with Crippen molar-refractivity contribution in [2.75, 3.05) is 0 Å². The van der Waals surface area contributed by atoms with Gasteiger partial charge < -0.3 is 4.42 Å². The van der Waals surface area contributed by atoms with Gasteiger partial charge in [0, 0.05) is 6.07 Å². The molecule has 0 atom stereocenters. The molecular formula is C10HF4N3O2. The van der Waals surface area contributed by atoms with Crippen molar-refractivity contribution in [3.63, 3.8) is 0 Å². The van der Waals surface area contributed by atoms with Crippen molar-refractivity contribution < 1.29 is 22.0 Å². The Morgan fingerprint density at radius 1 is 1.05 bits per heavy atom. The van der Waals surface area contributed by atoms with E-state index in [9.17, 15) is 22.4 Å². The first-order chi connectivity index (χ1) is 8.97. The Bertz CT molecular complexity index is 848. The summed E-state index contributed by atoms with van der Waals surface area (Å²) in [4.78, 5) is 20.7. The molecular weight excluding hydrogens is 270 g/mol. The largest absolute Gasteiger partial charge is 0.443 e. The fourth-order valence-electron chi connectivity index (χ4n) is 1.53. The van der Waals surface area contributed by atoms with Crippen LogP contribution in [0.1, 0.15) is 0 Å². The molecule has 1 aromatic rings. The Morgan fingerprint density at radius 2 is 1.79 bits per heavy atom. The first-order valence-electron chi connectivity index (χ1n) is 4.79. The molecule has 0 saturated carbocycles. The molecule has 0 saturated heterocycles. The standard InChI is InChI=1S/C10HF4N3O2/c11-2-1-3(18)5-6(4(2)12)19-7-8(13)16-10(14)17-9(7)15-5/h1H. The van der Waals surface area contributed by atoms with E-state index in [4.69, 9.17) is 0 Å². The SMILES string of the molecule is O=c1cc(F)c(F)c2oc3c(F)nc(F)nc3nc1-2. The molecule has 0 unspecified atom stereocenters. The van der Waals surface area contributed by atoms with Crippen LogP contribution >= 0.6 is 0 Å². The second-order valence-corrected chi connectivity index (χ2v) is 3.50. The third kappa shape index (κ3) is 1.62. The average molecular weight is 271 g/mol. The molecule has 0 bridgehead atoms. The summed E-state index contributed by atoms with van der Waals surface area (Å²) in [6, 6.07) is 0.347. The predicted octanol–water partition coefficient (Wildman–Crippen LogP) is 1.64. The average Bonchev–Trinajstić information content (AvgIpc) is 2.34. The van der Waals surface area contributed by atoms with Crippen molar-refractivity contribution in [3.05, 3.63) is 40.0 Å². The van der Waals surface area contributed by atoms with Gasteiger partial charge in [0.25, 0.3) is 5.95 Å². The van der Waals surface area contributed by atoms with Gasteiger partial charge >= 0.3 is 6.08 Å². The van der Waals surface area contributed by atoms with Crippen LogP contribution in [0.2, 0.25) is 0 Å². The highest BCUT2D eigenvalue weighted by Gasteiger charge is 2.24. The summed E-state index contributed by atoms with van der Waals surface area (Å²) in [6.07, 6.45) is -1.43. The van der Waals surface area contributed by atoms with Crippen LogP contribution in [0.3, 0.4) is 0 Å². The number of rotatable bonds is 0. The van der Waals surface area contributed by atoms with Gasteiger partial charge in [0.1, 0.15) is 0 Å². The molecule has 0 spiro atoms. The maximum absolute atomic E-state index is 13.4. The molecule has 1 aliphatic carbocycles. The van der Waals surface area contributed by atoms with Crippen molar-refractivity contribution in [2.45, 2.75) is 0 Å². The third-order valence-electron chi connectivity index (χ3n) is 2.32. The molecule has 0 aromatic carbocycles. The molecule has 19 heavy (non-hydrogen) atoms. The summed E-state index contributed by atoms with van der Waals surface area (Å²) in [7, 11) is 0. The summed E-state index contributed by atoms with van der Waals surface area (Å²) in [5.74, 6) is -5.29. The molecule has 0 radical (unpaired) electrons. The van der Waals surface area contributed by atoms with Gasteiger partial charge in [0.05, 0.1) is 0 Å². The van der Waals surface area contributed by atoms with Crippen LogP contribution in [-0.2, 0) is 0 Å². The van der Waals surface area contributed by atoms with E-state index in [0.717, 1.165) is 0 Å². The zero-order valence-electron chi connectivity index (χ0n) is 8.75. The predicted molar refractivity (Wildman–Crippen MR) is 52.3 cm³/mol. The molecule has 0 N–H and O–H groups in total. The number of hydrogen-bond acceptors (Lipinski definition) is 5. The molecule has 3 rings (SSSR count). The highest BCUT2D eigenvalue weighted by molar-refractivity contribution is 5.72. The van der Waals surface area contributed by atoms with E-state index in [2.05, 4.69) is 19.4 Å². The molecule has 2 heterocycles. The van der Waals surface area contributed by atoms with Gasteiger partial charge in [-0.05, 0) is 0 Å². The minimum absolute atomic E-state index is 0.347. The van der Waals surface area contributed by atoms with Gasteiger partial charge in [0.15, 0.2) is 17.3 Å². The van der Waals surface area contributed by atoms with Gasteiger partial charge in [-0.3, -0.25) is 4.79 Å². The van der Waals surface area contributed by atoms with Crippen LogP contribution in [-0.4, -0.2) is 15.0 Å². The first-order valence-corrected chi connectivity index (χ1v) is 4.79. The van der Waals surface area contributed by atoms with E-state index in [0.29, 0.717) is 6.07 Å². The molecule has 5 nitrogen and oxygen atoms in total. The summed E-state index contributed by atoms with van der Waals surface area (Å²) < 4.78 is 57.2. The van der Waals surface area contributed by atoms with Crippen LogP contribution in [0.4, 0.5) is 17.6 Å². The lowest BCUT2D eigenvalue weighted by atomic mass is 10.2. The van der Waals surface area contributed by atoms with E-state index in [1.54, 1.807) is 0 Å². The van der Waals surface area contributed by atoms with Crippen molar-refractivity contribution in [3.8, 4) is 11.5 Å². The van der Waals surface area contributed by atoms with E-state index in [-0.39, 0.29) is 0 Å². The van der Waals surface area contributed by atoms with Gasteiger partial charge in [-0.1, -0.05) is 0 Å². The van der Waals surface area contributed by atoms with Crippen LogP contribution in [0.15, 0.2) is 15.3 Å². The molecule has 0 amide bonds. The van der Waals surface area contributed by atoms with Crippen LogP contribution in [0.5, 0.6) is 0 Å². The zero-order valence-corrected chi connectivity index (χ0v) is 8.75. The van der Waals surface area contributed by atoms with Gasteiger partial charge in [-0.2, -0.15) is 23.1 Å². The number of fused-ring (bicyclic) bond motifs is 2. The smallest absolute Gasteiger partial charge is 0.313 e. The molecule has 96 valence electrons. The zero-order chi connectivity index (χ0) is 13.7. The fourth-order valence-corrected chi connectivity index (χ4v) is 1.53. The van der Waals surface area contributed by atoms with E-state index >= 15 is 0 Å². The summed E-state index contributed by atoms with van der Waals surface area (Å²) in [5.41, 5.74) is -3.01. The fraction of sp³-hybridized carbons (Fsp3) is 0. The normalized spacial score (nSPS) is 11.4. The third-order valence-corrected chi connectivity index (χ3v) is 2.32. The van der Waals surface area contributed by atoms with Gasteiger partial charge in [-0.25, -0.2) is 9.37 Å². The number of halogens is 4. The van der Waals surface area contributed by atoms with Crippen molar-refractivity contribution >= 4 is 11.2 Å². The highest BCUT2D eigenvalue weighted by Crippen LogP contribution is 2.26. The van der Waals surface area contributed by atoms with E-state index in [1.807, 2.05) is 0 Å². The molecule has 0 fully saturated rings. The number of aromatic nitrogens is 3. The number of nitrogens with zero attached hydrogens (tertiary/aromatic N) is 3. The van der Waals surface area contributed by atoms with Crippen LogP contribution < -0.4 is 5.43 Å². The Hall–Kier alpha value is -2.58. The second kappa shape index (κ2) is 3.70. The summed E-state index contributed by atoms with van der Waals surface area (Å²) in [6.45, 7) is 0. The molecule has 2 aliphatic rings. The molecule has 9 heteroatoms. The molecule has 1 aromatic heterocycles. The lowest BCUT2D eigenvalue weighted by Crippen LogP contribution is -2.12. The number of benzene rings is 1. The maximum Gasteiger partial charge on any atom is 0.313 e. The van der Waals surface area contributed by atoms with Gasteiger partial charge in [0.2, 0.25) is 22.5 Å². The lowest BCUT2D eigenvalue weighted by Gasteiger charge is -2.06. The van der Waals surface area contributed by atoms with E-state index < -0.39 is 51.8 Å².